The van der Waals surface area contributed by atoms with E-state index < -0.39 is 18.1 Å². The molecule has 2 N–H and O–H groups in total. The molecule has 2 atom stereocenters. The minimum atomic E-state index is -0.803. The lowest BCUT2D eigenvalue weighted by Crippen LogP contribution is -2.43. The van der Waals surface area contributed by atoms with Crippen LogP contribution in [0, 0.1) is 0 Å². The quantitative estimate of drug-likeness (QED) is 0.409. The molecule has 0 aromatic heterocycles. The second-order valence-electron chi connectivity index (χ2n) is 5.95. The summed E-state index contributed by atoms with van der Waals surface area (Å²) in [6.07, 6.45) is 4.08. The third kappa shape index (κ3) is 11.5. The summed E-state index contributed by atoms with van der Waals surface area (Å²) < 4.78 is 16.9. The zero-order chi connectivity index (χ0) is 18.2. The highest BCUT2D eigenvalue weighted by Gasteiger charge is 2.31. The molecule has 6 nitrogen and oxygen atoms in total. The molecule has 0 aliphatic rings. The summed E-state index contributed by atoms with van der Waals surface area (Å²) >= 11 is 0. The van der Waals surface area contributed by atoms with Crippen LogP contribution in [0.4, 0.5) is 0 Å². The van der Waals surface area contributed by atoms with Crippen molar-refractivity contribution in [1.29, 1.82) is 0 Å². The van der Waals surface area contributed by atoms with Gasteiger partial charge in [0.05, 0.1) is 12.5 Å². The molecule has 0 aromatic rings. The van der Waals surface area contributed by atoms with Crippen molar-refractivity contribution in [3.05, 3.63) is 0 Å². The standard InChI is InChI=1S/C18H35NO5/c1-4-7-10-22-14-15(20)18(24-12-9-6-3)16(13-17(19)21)23-11-8-5-2/h16,18H,4-14H2,1-3H3,(H2,19,21)/t16-,18-/m1/s1. The second-order valence-corrected chi connectivity index (χ2v) is 5.95. The number of ketones is 1. The summed E-state index contributed by atoms with van der Waals surface area (Å²) in [6.45, 7) is 7.61. The van der Waals surface area contributed by atoms with Crippen molar-refractivity contribution in [2.75, 3.05) is 26.4 Å². The molecule has 0 radical (unpaired) electrons. The van der Waals surface area contributed by atoms with E-state index in [0.29, 0.717) is 19.8 Å². The van der Waals surface area contributed by atoms with Crippen molar-refractivity contribution in [2.45, 2.75) is 77.9 Å². The topological polar surface area (TPSA) is 87.9 Å². The number of primary amides is 1. The SMILES string of the molecule is CCCCOCC(=O)[C@@H](OCCCC)[C@@H](CC(N)=O)OCCCC. The Balaban J connectivity index is 4.77. The number of nitrogens with two attached hydrogens (primary N) is 1. The van der Waals surface area contributed by atoms with Crippen molar-refractivity contribution in [3.8, 4) is 0 Å². The van der Waals surface area contributed by atoms with Crippen LogP contribution in [0.15, 0.2) is 0 Å². The maximum Gasteiger partial charge on any atom is 0.220 e. The number of carbonyl (C=O) groups excluding carboxylic acids is 2. The molecule has 0 rings (SSSR count). The number of unbranched alkanes of at least 4 members (excludes halogenated alkanes) is 3. The largest absolute Gasteiger partial charge is 0.374 e. The number of amides is 1. The van der Waals surface area contributed by atoms with Crippen LogP contribution in [0.5, 0.6) is 0 Å². The predicted molar refractivity (Wildman–Crippen MR) is 93.8 cm³/mol. The van der Waals surface area contributed by atoms with E-state index in [1.165, 1.54) is 0 Å². The zero-order valence-electron chi connectivity index (χ0n) is 15.6. The normalized spacial score (nSPS) is 13.6. The van der Waals surface area contributed by atoms with Gasteiger partial charge in [-0.15, -0.1) is 0 Å². The average Bonchev–Trinajstić information content (AvgIpc) is 2.54. The van der Waals surface area contributed by atoms with Gasteiger partial charge in [-0.25, -0.2) is 0 Å². The van der Waals surface area contributed by atoms with Gasteiger partial charge in [0.15, 0.2) is 5.78 Å². The second kappa shape index (κ2) is 15.5. The van der Waals surface area contributed by atoms with Gasteiger partial charge in [-0.3, -0.25) is 9.59 Å². The fourth-order valence-electron chi connectivity index (χ4n) is 2.09. The molecule has 142 valence electrons. The lowest BCUT2D eigenvalue weighted by Gasteiger charge is -2.26. The van der Waals surface area contributed by atoms with E-state index in [9.17, 15) is 9.59 Å². The van der Waals surface area contributed by atoms with E-state index in [1.807, 2.05) is 6.92 Å². The number of hydrogen-bond acceptors (Lipinski definition) is 5. The molecule has 0 bridgehead atoms. The fraction of sp³-hybridized carbons (Fsp3) is 0.889. The third-order valence-electron chi connectivity index (χ3n) is 3.57. The Morgan fingerprint density at radius 3 is 1.96 bits per heavy atom. The van der Waals surface area contributed by atoms with Gasteiger partial charge < -0.3 is 19.9 Å². The first-order valence-electron chi connectivity index (χ1n) is 9.18. The third-order valence-corrected chi connectivity index (χ3v) is 3.57. The Kier molecular flexibility index (Phi) is 14.9. The highest BCUT2D eigenvalue weighted by atomic mass is 16.5. The minimum absolute atomic E-state index is 0.0246. The van der Waals surface area contributed by atoms with Crippen LogP contribution in [-0.2, 0) is 23.8 Å². The first kappa shape index (κ1) is 23.0. The predicted octanol–water partition coefficient (Wildman–Crippen LogP) is 2.62. The van der Waals surface area contributed by atoms with Gasteiger partial charge >= 0.3 is 0 Å². The van der Waals surface area contributed by atoms with E-state index in [1.54, 1.807) is 0 Å². The van der Waals surface area contributed by atoms with Crippen LogP contribution in [0.1, 0.15) is 65.7 Å². The van der Waals surface area contributed by atoms with Crippen molar-refractivity contribution >= 4 is 11.7 Å². The van der Waals surface area contributed by atoms with Crippen LogP contribution < -0.4 is 5.73 Å². The van der Waals surface area contributed by atoms with Crippen LogP contribution in [0.25, 0.3) is 0 Å². The fourth-order valence-corrected chi connectivity index (χ4v) is 2.09. The van der Waals surface area contributed by atoms with Crippen molar-refractivity contribution < 1.29 is 23.8 Å². The first-order chi connectivity index (χ1) is 11.6. The van der Waals surface area contributed by atoms with Gasteiger partial charge in [0.2, 0.25) is 5.91 Å². The molecule has 0 saturated carbocycles. The zero-order valence-corrected chi connectivity index (χ0v) is 15.6. The highest BCUT2D eigenvalue weighted by Crippen LogP contribution is 2.13. The highest BCUT2D eigenvalue weighted by molar-refractivity contribution is 5.86. The number of rotatable bonds is 17. The molecule has 1 amide bonds. The summed E-state index contributed by atoms with van der Waals surface area (Å²) in [4.78, 5) is 23.8. The van der Waals surface area contributed by atoms with Gasteiger partial charge in [0.25, 0.3) is 0 Å². The number of carbonyl (C=O) groups is 2. The van der Waals surface area contributed by atoms with E-state index in [2.05, 4.69) is 13.8 Å². The Labute approximate surface area is 146 Å². The lowest BCUT2D eigenvalue weighted by molar-refractivity contribution is -0.149. The monoisotopic (exact) mass is 345 g/mol. The van der Waals surface area contributed by atoms with Gasteiger partial charge in [-0.1, -0.05) is 40.0 Å². The molecule has 0 unspecified atom stereocenters. The van der Waals surface area contributed by atoms with Crippen LogP contribution in [0.2, 0.25) is 0 Å². The molecule has 0 aliphatic carbocycles. The van der Waals surface area contributed by atoms with E-state index in [-0.39, 0.29) is 18.8 Å². The summed E-state index contributed by atoms with van der Waals surface area (Å²) in [5.74, 6) is -0.690. The molecule has 0 heterocycles. The van der Waals surface area contributed by atoms with Gasteiger partial charge in [0.1, 0.15) is 12.7 Å². The summed E-state index contributed by atoms with van der Waals surface area (Å²) in [5.41, 5.74) is 5.31. The number of Topliss-reactive ketones (excluding diaryl/α,β-unsaturated/α-hetero) is 1. The van der Waals surface area contributed by atoms with Crippen LogP contribution in [0.3, 0.4) is 0 Å². The van der Waals surface area contributed by atoms with Gasteiger partial charge in [-0.2, -0.15) is 0 Å². The molecular weight excluding hydrogens is 310 g/mol. The molecule has 0 fully saturated rings. The summed E-state index contributed by atoms with van der Waals surface area (Å²) in [7, 11) is 0. The number of ether oxygens (including phenoxy) is 3. The van der Waals surface area contributed by atoms with Crippen LogP contribution in [-0.4, -0.2) is 50.3 Å². The molecule has 24 heavy (non-hydrogen) atoms. The molecule has 0 aliphatic heterocycles. The van der Waals surface area contributed by atoms with E-state index in [0.717, 1.165) is 38.5 Å². The Morgan fingerprint density at radius 2 is 1.42 bits per heavy atom. The Bertz CT molecular complexity index is 335. The van der Waals surface area contributed by atoms with E-state index in [4.69, 9.17) is 19.9 Å². The molecular formula is C18H35NO5. The van der Waals surface area contributed by atoms with Crippen molar-refractivity contribution in [1.82, 2.24) is 0 Å². The maximum absolute atomic E-state index is 12.5. The molecule has 6 heteroatoms. The average molecular weight is 345 g/mol. The van der Waals surface area contributed by atoms with Crippen LogP contribution >= 0.6 is 0 Å². The maximum atomic E-state index is 12.5. The molecule has 0 aromatic carbocycles. The molecule has 0 spiro atoms. The first-order valence-corrected chi connectivity index (χ1v) is 9.18. The smallest absolute Gasteiger partial charge is 0.220 e. The lowest BCUT2D eigenvalue weighted by atomic mass is 10.1. The van der Waals surface area contributed by atoms with Crippen molar-refractivity contribution in [2.24, 2.45) is 5.73 Å². The minimum Gasteiger partial charge on any atom is -0.374 e. The summed E-state index contributed by atoms with van der Waals surface area (Å²) in [5, 5.41) is 0. The summed E-state index contributed by atoms with van der Waals surface area (Å²) in [6, 6.07) is 0. The Morgan fingerprint density at radius 1 is 0.875 bits per heavy atom. The van der Waals surface area contributed by atoms with Gasteiger partial charge in [0, 0.05) is 19.8 Å². The number of hydrogen-bond donors (Lipinski definition) is 1. The van der Waals surface area contributed by atoms with Gasteiger partial charge in [-0.05, 0) is 19.3 Å². The van der Waals surface area contributed by atoms with Crippen molar-refractivity contribution in [3.63, 3.8) is 0 Å². The Hall–Kier alpha value is -0.980. The molecule has 0 saturated heterocycles. The van der Waals surface area contributed by atoms with E-state index >= 15 is 0 Å².